The van der Waals surface area contributed by atoms with Crippen LogP contribution in [0.1, 0.15) is 17.3 Å². The van der Waals surface area contributed by atoms with E-state index < -0.39 is 5.97 Å². The van der Waals surface area contributed by atoms with E-state index in [9.17, 15) is 4.79 Å². The van der Waals surface area contributed by atoms with Crippen molar-refractivity contribution in [3.05, 3.63) is 28.2 Å². The largest absolute Gasteiger partial charge is 0.478 e. The van der Waals surface area contributed by atoms with Crippen LogP contribution in [0.5, 0.6) is 0 Å². The van der Waals surface area contributed by atoms with Crippen molar-refractivity contribution in [2.24, 2.45) is 0 Å². The van der Waals surface area contributed by atoms with Gasteiger partial charge < -0.3 is 14.7 Å². The number of hydrogen-bond donors (Lipinski definition) is 1. The van der Waals surface area contributed by atoms with Gasteiger partial charge in [-0.25, -0.2) is 4.79 Å². The summed E-state index contributed by atoms with van der Waals surface area (Å²) in [6, 6.07) is 5.12. The number of carboxylic acid groups (broad SMARTS) is 1. The molecule has 17 heavy (non-hydrogen) atoms. The maximum atomic E-state index is 10.9. The molecule has 0 aliphatic rings. The molecule has 1 aromatic rings. The number of benzene rings is 1. The molecule has 5 heteroatoms. The number of rotatable bonds is 6. The quantitative estimate of drug-likeness (QED) is 0.821. The summed E-state index contributed by atoms with van der Waals surface area (Å²) in [6.45, 7) is 3.99. The van der Waals surface area contributed by atoms with E-state index in [-0.39, 0.29) is 5.56 Å². The van der Waals surface area contributed by atoms with Crippen LogP contribution in [0.25, 0.3) is 0 Å². The van der Waals surface area contributed by atoms with Crippen molar-refractivity contribution >= 4 is 27.6 Å². The molecule has 0 unspecified atom stereocenters. The molecule has 0 spiro atoms. The standard InChI is InChI=1S/C12H16BrNO3/c1-3-17-5-4-14(2)11-7-9(12(15)16)6-10(13)8-11/h6-8H,3-5H2,1-2H3,(H,15,16). The minimum absolute atomic E-state index is 0.276. The Bertz CT molecular complexity index is 395. The third-order valence-electron chi connectivity index (χ3n) is 2.35. The average Bonchev–Trinajstić information content (AvgIpc) is 2.28. The first-order valence-electron chi connectivity index (χ1n) is 5.37. The first-order valence-corrected chi connectivity index (χ1v) is 6.16. The molecule has 0 saturated heterocycles. The van der Waals surface area contributed by atoms with Gasteiger partial charge >= 0.3 is 5.97 Å². The van der Waals surface area contributed by atoms with Gasteiger partial charge in [0.25, 0.3) is 0 Å². The normalized spacial score (nSPS) is 10.3. The molecule has 1 N–H and O–H groups in total. The van der Waals surface area contributed by atoms with Crippen LogP contribution in [0.4, 0.5) is 5.69 Å². The summed E-state index contributed by atoms with van der Waals surface area (Å²) >= 11 is 3.31. The molecule has 0 fully saturated rings. The fourth-order valence-electron chi connectivity index (χ4n) is 1.39. The van der Waals surface area contributed by atoms with E-state index in [1.54, 1.807) is 12.1 Å². The highest BCUT2D eigenvalue weighted by Crippen LogP contribution is 2.22. The number of halogens is 1. The summed E-state index contributed by atoms with van der Waals surface area (Å²) < 4.78 is 6.02. The Labute approximate surface area is 109 Å². The smallest absolute Gasteiger partial charge is 0.335 e. The van der Waals surface area contributed by atoms with Crippen LogP contribution in [0.2, 0.25) is 0 Å². The third kappa shape index (κ3) is 4.36. The van der Waals surface area contributed by atoms with Crippen LogP contribution < -0.4 is 4.90 Å². The van der Waals surface area contributed by atoms with Crippen LogP contribution in [0, 0.1) is 0 Å². The molecule has 0 aliphatic carbocycles. The Kier molecular flexibility index (Phi) is 5.44. The molecule has 0 aliphatic heterocycles. The van der Waals surface area contributed by atoms with Crippen LogP contribution >= 0.6 is 15.9 Å². The number of likely N-dealkylation sites (N-methyl/N-ethyl adjacent to an activating group) is 1. The number of hydrogen-bond acceptors (Lipinski definition) is 3. The molecule has 94 valence electrons. The van der Waals surface area contributed by atoms with Gasteiger partial charge in [-0.15, -0.1) is 0 Å². The topological polar surface area (TPSA) is 49.8 Å². The average molecular weight is 302 g/mol. The molecule has 0 atom stereocenters. The molecule has 0 aromatic heterocycles. The molecule has 0 saturated carbocycles. The lowest BCUT2D eigenvalue weighted by molar-refractivity contribution is 0.0697. The highest BCUT2D eigenvalue weighted by atomic mass is 79.9. The molecule has 4 nitrogen and oxygen atoms in total. The van der Waals surface area contributed by atoms with E-state index in [0.717, 1.165) is 16.7 Å². The van der Waals surface area contributed by atoms with Gasteiger partial charge in [-0.1, -0.05) is 15.9 Å². The summed E-state index contributed by atoms with van der Waals surface area (Å²) in [5.41, 5.74) is 1.13. The molecule has 0 heterocycles. The lowest BCUT2D eigenvalue weighted by Gasteiger charge is -2.19. The number of nitrogens with zero attached hydrogens (tertiary/aromatic N) is 1. The number of aromatic carboxylic acids is 1. The molecule has 0 amide bonds. The van der Waals surface area contributed by atoms with Gasteiger partial charge in [0.1, 0.15) is 0 Å². The zero-order valence-corrected chi connectivity index (χ0v) is 11.5. The van der Waals surface area contributed by atoms with E-state index >= 15 is 0 Å². The molecular formula is C12H16BrNO3. The Hall–Kier alpha value is -1.07. The van der Waals surface area contributed by atoms with Crippen molar-refractivity contribution in [3.63, 3.8) is 0 Å². The van der Waals surface area contributed by atoms with Crippen molar-refractivity contribution in [1.29, 1.82) is 0 Å². The van der Waals surface area contributed by atoms with E-state index in [4.69, 9.17) is 9.84 Å². The van der Waals surface area contributed by atoms with Gasteiger partial charge in [0, 0.05) is 30.4 Å². The minimum atomic E-state index is -0.925. The first-order chi connectivity index (χ1) is 8.04. The van der Waals surface area contributed by atoms with Crippen molar-refractivity contribution in [1.82, 2.24) is 0 Å². The fraction of sp³-hybridized carbons (Fsp3) is 0.417. The zero-order chi connectivity index (χ0) is 12.8. The van der Waals surface area contributed by atoms with E-state index in [0.29, 0.717) is 13.2 Å². The molecule has 0 bridgehead atoms. The molecular weight excluding hydrogens is 286 g/mol. The molecule has 1 rings (SSSR count). The van der Waals surface area contributed by atoms with Gasteiger partial charge in [0.2, 0.25) is 0 Å². The summed E-state index contributed by atoms with van der Waals surface area (Å²) in [6.07, 6.45) is 0. The SMILES string of the molecule is CCOCCN(C)c1cc(Br)cc(C(=O)O)c1. The highest BCUT2D eigenvalue weighted by Gasteiger charge is 2.08. The maximum absolute atomic E-state index is 10.9. The van der Waals surface area contributed by atoms with Gasteiger partial charge in [0.05, 0.1) is 12.2 Å². The predicted molar refractivity (Wildman–Crippen MR) is 70.9 cm³/mol. The second kappa shape index (κ2) is 6.61. The third-order valence-corrected chi connectivity index (χ3v) is 2.80. The van der Waals surface area contributed by atoms with Crippen molar-refractivity contribution < 1.29 is 14.6 Å². The van der Waals surface area contributed by atoms with Gasteiger partial charge in [0.15, 0.2) is 0 Å². The van der Waals surface area contributed by atoms with E-state index in [2.05, 4.69) is 15.9 Å². The summed E-state index contributed by atoms with van der Waals surface area (Å²) in [5, 5.41) is 8.97. The van der Waals surface area contributed by atoms with E-state index in [1.807, 2.05) is 24.9 Å². The monoisotopic (exact) mass is 301 g/mol. The van der Waals surface area contributed by atoms with Crippen LogP contribution in [0.15, 0.2) is 22.7 Å². The Morgan fingerprint density at radius 1 is 1.47 bits per heavy atom. The number of anilines is 1. The maximum Gasteiger partial charge on any atom is 0.335 e. The predicted octanol–water partition coefficient (Wildman–Crippen LogP) is 2.62. The van der Waals surface area contributed by atoms with Crippen molar-refractivity contribution in [2.75, 3.05) is 31.7 Å². The van der Waals surface area contributed by atoms with Gasteiger partial charge in [-0.2, -0.15) is 0 Å². The Morgan fingerprint density at radius 2 is 2.18 bits per heavy atom. The summed E-state index contributed by atoms with van der Waals surface area (Å²) in [7, 11) is 1.91. The van der Waals surface area contributed by atoms with Crippen LogP contribution in [0.3, 0.4) is 0 Å². The second-order valence-corrected chi connectivity index (χ2v) is 4.54. The van der Waals surface area contributed by atoms with E-state index in [1.165, 1.54) is 0 Å². The van der Waals surface area contributed by atoms with Crippen LogP contribution in [-0.4, -0.2) is 37.9 Å². The summed E-state index contributed by atoms with van der Waals surface area (Å²) in [5.74, 6) is -0.925. The zero-order valence-electron chi connectivity index (χ0n) is 9.94. The van der Waals surface area contributed by atoms with Crippen molar-refractivity contribution in [2.45, 2.75) is 6.92 Å². The number of carbonyl (C=O) groups is 1. The van der Waals surface area contributed by atoms with Crippen LogP contribution in [-0.2, 0) is 4.74 Å². The Morgan fingerprint density at radius 3 is 2.76 bits per heavy atom. The number of carboxylic acids is 1. The lowest BCUT2D eigenvalue weighted by Crippen LogP contribution is -2.22. The molecule has 0 radical (unpaired) electrons. The Balaban J connectivity index is 2.78. The lowest BCUT2D eigenvalue weighted by atomic mass is 10.2. The first kappa shape index (κ1) is 14.0. The highest BCUT2D eigenvalue weighted by molar-refractivity contribution is 9.10. The van der Waals surface area contributed by atoms with Gasteiger partial charge in [-0.05, 0) is 25.1 Å². The summed E-state index contributed by atoms with van der Waals surface area (Å²) in [4.78, 5) is 12.9. The fourth-order valence-corrected chi connectivity index (χ4v) is 1.87. The number of ether oxygens (including phenoxy) is 1. The van der Waals surface area contributed by atoms with Crippen molar-refractivity contribution in [3.8, 4) is 0 Å². The minimum Gasteiger partial charge on any atom is -0.478 e. The molecule has 1 aromatic carbocycles. The van der Waals surface area contributed by atoms with Gasteiger partial charge in [-0.3, -0.25) is 0 Å². The second-order valence-electron chi connectivity index (χ2n) is 3.62.